The number of carbonyl (C=O) groups excluding carboxylic acids is 3. The van der Waals surface area contributed by atoms with Crippen molar-refractivity contribution in [3.63, 3.8) is 0 Å². The first-order valence-corrected chi connectivity index (χ1v) is 31.9. The van der Waals surface area contributed by atoms with Gasteiger partial charge in [0.05, 0.1) is 0 Å². The van der Waals surface area contributed by atoms with Crippen LogP contribution in [0.3, 0.4) is 0 Å². The van der Waals surface area contributed by atoms with E-state index in [2.05, 4.69) is 130 Å². The van der Waals surface area contributed by atoms with E-state index in [9.17, 15) is 14.4 Å². The van der Waals surface area contributed by atoms with Gasteiger partial charge in [0.25, 0.3) is 0 Å². The van der Waals surface area contributed by atoms with Crippen LogP contribution in [0.15, 0.2) is 109 Å². The first-order valence-electron chi connectivity index (χ1n) is 31.9. The summed E-state index contributed by atoms with van der Waals surface area (Å²) in [6.07, 6.45) is 86.6. The fraction of sp³-hybridized carbons (Fsp3) is 0.700. The van der Waals surface area contributed by atoms with Crippen molar-refractivity contribution in [3.05, 3.63) is 109 Å². The van der Waals surface area contributed by atoms with Crippen molar-refractivity contribution in [3.8, 4) is 0 Å². The Morgan fingerprint density at radius 1 is 0.276 bits per heavy atom. The molecule has 0 aliphatic heterocycles. The number of ether oxygens (including phenoxy) is 3. The van der Waals surface area contributed by atoms with Crippen LogP contribution in [0.25, 0.3) is 0 Å². The highest BCUT2D eigenvalue weighted by molar-refractivity contribution is 5.71. The van der Waals surface area contributed by atoms with Gasteiger partial charge in [-0.3, -0.25) is 14.4 Å². The van der Waals surface area contributed by atoms with Gasteiger partial charge in [-0.2, -0.15) is 0 Å². The van der Waals surface area contributed by atoms with Crippen molar-refractivity contribution in [2.24, 2.45) is 0 Å². The minimum atomic E-state index is -0.799. The minimum absolute atomic E-state index is 0.0943. The smallest absolute Gasteiger partial charge is 0.306 e. The van der Waals surface area contributed by atoms with Crippen LogP contribution in [0.4, 0.5) is 0 Å². The Morgan fingerprint density at radius 3 is 0.855 bits per heavy atom. The number of rotatable bonds is 57. The molecule has 0 bridgehead atoms. The summed E-state index contributed by atoms with van der Waals surface area (Å²) < 4.78 is 16.9. The average Bonchev–Trinajstić information content (AvgIpc) is 3.42. The molecule has 1 atom stereocenters. The van der Waals surface area contributed by atoms with Gasteiger partial charge < -0.3 is 14.2 Å². The monoisotopic (exact) mass is 1050 g/mol. The van der Waals surface area contributed by atoms with Crippen LogP contribution in [-0.2, 0) is 28.6 Å². The first-order chi connectivity index (χ1) is 37.5. The first kappa shape index (κ1) is 72.1. The Hall–Kier alpha value is -3.93. The van der Waals surface area contributed by atoms with Gasteiger partial charge in [-0.15, -0.1) is 0 Å². The molecule has 0 aromatic rings. The molecule has 434 valence electrons. The third-order valence-electron chi connectivity index (χ3n) is 13.5. The molecule has 0 N–H and O–H groups in total. The molecule has 0 aliphatic carbocycles. The van der Waals surface area contributed by atoms with E-state index in [4.69, 9.17) is 14.2 Å². The number of unbranched alkanes of at least 4 members (excludes halogenated alkanes) is 28. The highest BCUT2D eigenvalue weighted by Crippen LogP contribution is 2.15. The standard InChI is InChI=1S/C70H118O6/c1-4-7-10-13-16-19-22-25-27-29-31-33-34-35-36-38-39-41-43-45-48-51-54-57-60-63-69(72)75-66-67(65-74-68(71)62-59-56-53-50-47-24-21-18-15-12-9-6-3)76-70(73)64-61-58-55-52-49-46-44-42-40-37-32-30-28-26-23-20-17-14-11-8-5-2/h7,10,16,18-19,21,25,27,30-33,35-36,39,41,45,48,67H,4-6,8-9,11-15,17,20,22-24,26,28-29,34,37-38,40,42-44,46-47,49-66H2,1-3H3/b10-7-,19-16-,21-18-,27-25-,32-30-,33-31-,36-35-,41-39-,48-45-. The molecule has 0 heterocycles. The van der Waals surface area contributed by atoms with E-state index >= 15 is 0 Å². The third kappa shape index (κ3) is 60.9. The second-order valence-electron chi connectivity index (χ2n) is 20.9. The Labute approximate surface area is 470 Å². The van der Waals surface area contributed by atoms with E-state index in [0.717, 1.165) is 122 Å². The molecule has 0 rings (SSSR count). The van der Waals surface area contributed by atoms with Crippen LogP contribution >= 0.6 is 0 Å². The van der Waals surface area contributed by atoms with Crippen LogP contribution in [0.5, 0.6) is 0 Å². The maximum Gasteiger partial charge on any atom is 0.306 e. The van der Waals surface area contributed by atoms with Gasteiger partial charge in [0.15, 0.2) is 6.10 Å². The number of esters is 3. The van der Waals surface area contributed by atoms with Crippen molar-refractivity contribution in [1.29, 1.82) is 0 Å². The van der Waals surface area contributed by atoms with Gasteiger partial charge in [0.2, 0.25) is 0 Å². The van der Waals surface area contributed by atoms with Crippen molar-refractivity contribution < 1.29 is 28.6 Å². The molecule has 0 spiro atoms. The van der Waals surface area contributed by atoms with Crippen molar-refractivity contribution >= 4 is 17.9 Å². The lowest BCUT2D eigenvalue weighted by Gasteiger charge is -2.18. The molecule has 0 aromatic carbocycles. The van der Waals surface area contributed by atoms with Gasteiger partial charge in [0.1, 0.15) is 13.2 Å². The van der Waals surface area contributed by atoms with E-state index in [-0.39, 0.29) is 31.1 Å². The predicted molar refractivity (Wildman–Crippen MR) is 330 cm³/mol. The predicted octanol–water partition coefficient (Wildman–Crippen LogP) is 21.8. The number of hydrogen-bond donors (Lipinski definition) is 0. The summed E-state index contributed by atoms with van der Waals surface area (Å²) in [5.41, 5.74) is 0. The van der Waals surface area contributed by atoms with Gasteiger partial charge in [-0.05, 0) is 128 Å². The van der Waals surface area contributed by atoms with Crippen molar-refractivity contribution in [1.82, 2.24) is 0 Å². The highest BCUT2D eigenvalue weighted by atomic mass is 16.6. The second kappa shape index (κ2) is 63.6. The Morgan fingerprint density at radius 2 is 0.513 bits per heavy atom. The molecule has 76 heavy (non-hydrogen) atoms. The molecule has 0 radical (unpaired) electrons. The summed E-state index contributed by atoms with van der Waals surface area (Å²) in [5.74, 6) is -0.933. The average molecular weight is 1060 g/mol. The van der Waals surface area contributed by atoms with E-state index < -0.39 is 6.10 Å². The molecule has 1 unspecified atom stereocenters. The zero-order valence-electron chi connectivity index (χ0n) is 49.7. The topological polar surface area (TPSA) is 78.9 Å². The molecule has 0 aliphatic rings. The van der Waals surface area contributed by atoms with E-state index in [1.165, 1.54) is 135 Å². The van der Waals surface area contributed by atoms with Crippen molar-refractivity contribution in [2.45, 2.75) is 303 Å². The Balaban J connectivity index is 4.40. The van der Waals surface area contributed by atoms with Crippen molar-refractivity contribution in [2.75, 3.05) is 13.2 Å². The zero-order valence-corrected chi connectivity index (χ0v) is 49.7. The Bertz CT molecular complexity index is 1540. The quantitative estimate of drug-likeness (QED) is 0.0261. The molecular weight excluding hydrogens is 937 g/mol. The normalized spacial score (nSPS) is 12.8. The third-order valence-corrected chi connectivity index (χ3v) is 13.5. The molecular formula is C70H118O6. The van der Waals surface area contributed by atoms with Gasteiger partial charge in [-0.25, -0.2) is 0 Å². The summed E-state index contributed by atoms with van der Waals surface area (Å²) in [6, 6.07) is 0. The zero-order chi connectivity index (χ0) is 55.0. The van der Waals surface area contributed by atoms with E-state index in [0.29, 0.717) is 19.3 Å². The second-order valence-corrected chi connectivity index (χ2v) is 20.9. The summed E-state index contributed by atoms with van der Waals surface area (Å²) in [4.78, 5) is 38.3. The molecule has 6 nitrogen and oxygen atoms in total. The van der Waals surface area contributed by atoms with Gasteiger partial charge in [0, 0.05) is 19.3 Å². The molecule has 0 aromatic heterocycles. The number of hydrogen-bond acceptors (Lipinski definition) is 6. The maximum atomic E-state index is 12.9. The van der Waals surface area contributed by atoms with Gasteiger partial charge >= 0.3 is 17.9 Å². The molecule has 6 heteroatoms. The van der Waals surface area contributed by atoms with Crippen LogP contribution in [-0.4, -0.2) is 37.2 Å². The number of carbonyl (C=O) groups is 3. The highest BCUT2D eigenvalue weighted by Gasteiger charge is 2.19. The minimum Gasteiger partial charge on any atom is -0.462 e. The molecule has 0 amide bonds. The lowest BCUT2D eigenvalue weighted by atomic mass is 10.1. The number of allylic oxidation sites excluding steroid dienone is 18. The summed E-state index contributed by atoms with van der Waals surface area (Å²) >= 11 is 0. The summed E-state index contributed by atoms with van der Waals surface area (Å²) in [7, 11) is 0. The molecule has 0 fully saturated rings. The lowest BCUT2D eigenvalue weighted by Crippen LogP contribution is -2.30. The van der Waals surface area contributed by atoms with Crippen LogP contribution in [0.1, 0.15) is 297 Å². The van der Waals surface area contributed by atoms with Crippen LogP contribution in [0.2, 0.25) is 0 Å². The van der Waals surface area contributed by atoms with Crippen LogP contribution in [0, 0.1) is 0 Å². The van der Waals surface area contributed by atoms with E-state index in [1.54, 1.807) is 0 Å². The molecule has 0 saturated heterocycles. The maximum absolute atomic E-state index is 12.9. The fourth-order valence-corrected chi connectivity index (χ4v) is 8.71. The summed E-state index contributed by atoms with van der Waals surface area (Å²) in [5, 5.41) is 0. The van der Waals surface area contributed by atoms with Crippen LogP contribution < -0.4 is 0 Å². The Kier molecular flexibility index (Phi) is 60.3. The van der Waals surface area contributed by atoms with E-state index in [1.807, 2.05) is 0 Å². The summed E-state index contributed by atoms with van der Waals surface area (Å²) in [6.45, 7) is 6.48. The molecule has 0 saturated carbocycles. The van der Waals surface area contributed by atoms with Gasteiger partial charge in [-0.1, -0.05) is 259 Å². The largest absolute Gasteiger partial charge is 0.462 e. The fourth-order valence-electron chi connectivity index (χ4n) is 8.71. The lowest BCUT2D eigenvalue weighted by molar-refractivity contribution is -0.167. The SMILES string of the molecule is CC/C=C\C/C=C\C/C=C\C/C=C\C/C=C\C/C=C\C/C=C\CCCCCC(=O)OCC(COC(=O)CCCCCCC/C=C\CCCCC)OC(=O)CCCCCCCCCCC/C=C\CCCCCCCCCC.